The van der Waals surface area contributed by atoms with E-state index in [0.717, 1.165) is 11.1 Å². The largest absolute Gasteiger partial charge is 0.479 e. The first-order valence-electron chi connectivity index (χ1n) is 5.80. The van der Waals surface area contributed by atoms with Gasteiger partial charge in [-0.05, 0) is 0 Å². The molecule has 0 bridgehead atoms. The molecule has 19 heavy (non-hydrogen) atoms. The predicted molar refractivity (Wildman–Crippen MR) is 72.1 cm³/mol. The molecule has 0 saturated carbocycles. The van der Waals surface area contributed by atoms with Crippen molar-refractivity contribution in [3.8, 4) is 0 Å². The molecule has 2 aromatic rings. The second-order valence-corrected chi connectivity index (χ2v) is 3.84. The summed E-state index contributed by atoms with van der Waals surface area (Å²) in [7, 11) is 0. The molecule has 0 radical (unpaired) electrons. The first-order chi connectivity index (χ1) is 9.27. The van der Waals surface area contributed by atoms with Gasteiger partial charge in [0.1, 0.15) is 5.71 Å². The highest BCUT2D eigenvalue weighted by atomic mass is 16.6. The monoisotopic (exact) mass is 255 g/mol. The lowest BCUT2D eigenvalue weighted by Gasteiger charge is -2.06. The minimum Gasteiger partial charge on any atom is -0.479 e. The van der Waals surface area contributed by atoms with Crippen LogP contribution >= 0.6 is 0 Å². The summed E-state index contributed by atoms with van der Waals surface area (Å²) in [6.07, 6.45) is 0. The maximum Gasteiger partial charge on any atom is 0.344 e. The highest BCUT2D eigenvalue weighted by Gasteiger charge is 2.07. The summed E-state index contributed by atoms with van der Waals surface area (Å²) in [6.45, 7) is -0.455. The molecule has 0 spiro atoms. The van der Waals surface area contributed by atoms with Crippen LogP contribution in [0.2, 0.25) is 0 Å². The molecule has 0 heterocycles. The Morgan fingerprint density at radius 3 is 1.84 bits per heavy atom. The number of carbonyl (C=O) groups is 1. The normalized spacial score (nSPS) is 9.68. The number of benzene rings is 2. The third-order valence-corrected chi connectivity index (χ3v) is 2.44. The van der Waals surface area contributed by atoms with Crippen molar-refractivity contribution in [2.45, 2.75) is 0 Å². The topological polar surface area (TPSA) is 58.9 Å². The second kappa shape index (κ2) is 6.35. The van der Waals surface area contributed by atoms with E-state index in [9.17, 15) is 4.79 Å². The fourth-order valence-corrected chi connectivity index (χ4v) is 1.62. The molecule has 0 atom stereocenters. The Morgan fingerprint density at radius 1 is 0.947 bits per heavy atom. The summed E-state index contributed by atoms with van der Waals surface area (Å²) in [5.41, 5.74) is 2.36. The smallest absolute Gasteiger partial charge is 0.344 e. The summed E-state index contributed by atoms with van der Waals surface area (Å²) >= 11 is 0. The van der Waals surface area contributed by atoms with Crippen LogP contribution < -0.4 is 0 Å². The number of hydrogen-bond acceptors (Lipinski definition) is 3. The van der Waals surface area contributed by atoms with Gasteiger partial charge >= 0.3 is 5.97 Å². The lowest BCUT2D eigenvalue weighted by atomic mass is 10.0. The number of hydrogen-bond donors (Lipinski definition) is 1. The number of aliphatic carboxylic acids is 1. The van der Waals surface area contributed by atoms with Crippen molar-refractivity contribution in [1.29, 1.82) is 0 Å². The lowest BCUT2D eigenvalue weighted by molar-refractivity contribution is -0.142. The maximum atomic E-state index is 10.5. The summed E-state index contributed by atoms with van der Waals surface area (Å²) in [5.74, 6) is -1.05. The molecular weight excluding hydrogens is 242 g/mol. The Balaban J connectivity index is 2.31. The van der Waals surface area contributed by atoms with E-state index < -0.39 is 12.6 Å². The number of oxime groups is 1. The first-order valence-corrected chi connectivity index (χ1v) is 5.80. The number of rotatable bonds is 5. The third-order valence-electron chi connectivity index (χ3n) is 2.44. The minimum absolute atomic E-state index is 0.455. The van der Waals surface area contributed by atoms with Gasteiger partial charge in [0.15, 0.2) is 0 Å². The molecule has 4 heteroatoms. The first kappa shape index (κ1) is 12.8. The Labute approximate surface area is 111 Å². The molecule has 1 N–H and O–H groups in total. The summed E-state index contributed by atoms with van der Waals surface area (Å²) in [4.78, 5) is 15.3. The molecule has 2 rings (SSSR count). The summed E-state index contributed by atoms with van der Waals surface area (Å²) in [6, 6.07) is 19.0. The van der Waals surface area contributed by atoms with Crippen molar-refractivity contribution in [3.63, 3.8) is 0 Å². The van der Waals surface area contributed by atoms with Gasteiger partial charge in [0, 0.05) is 11.1 Å². The lowest BCUT2D eigenvalue weighted by Crippen LogP contribution is -2.08. The molecule has 0 fully saturated rings. The van der Waals surface area contributed by atoms with E-state index in [4.69, 9.17) is 9.94 Å². The summed E-state index contributed by atoms with van der Waals surface area (Å²) in [5, 5.41) is 12.5. The van der Waals surface area contributed by atoms with Crippen molar-refractivity contribution in [2.75, 3.05) is 6.61 Å². The Morgan fingerprint density at radius 2 is 1.42 bits per heavy atom. The van der Waals surface area contributed by atoms with Crippen LogP contribution in [0.3, 0.4) is 0 Å². The standard InChI is InChI=1S/C15H13NO3/c17-14(18)11-19-16-15(12-7-3-1-4-8-12)13-9-5-2-6-10-13/h1-10H,11H2,(H,17,18). The molecule has 0 saturated heterocycles. The zero-order valence-corrected chi connectivity index (χ0v) is 10.2. The summed E-state index contributed by atoms with van der Waals surface area (Å²) < 4.78 is 0. The average molecular weight is 255 g/mol. The van der Waals surface area contributed by atoms with Crippen LogP contribution in [0.4, 0.5) is 0 Å². The number of carboxylic acid groups (broad SMARTS) is 1. The molecule has 0 amide bonds. The van der Waals surface area contributed by atoms with Crippen molar-refractivity contribution >= 4 is 11.7 Å². The van der Waals surface area contributed by atoms with Crippen LogP contribution in [0.15, 0.2) is 65.8 Å². The van der Waals surface area contributed by atoms with Gasteiger partial charge in [-0.2, -0.15) is 0 Å². The molecule has 2 aromatic carbocycles. The molecule has 0 aliphatic carbocycles. The number of carboxylic acids is 1. The van der Waals surface area contributed by atoms with Crippen molar-refractivity contribution < 1.29 is 14.7 Å². The molecule has 0 aliphatic rings. The van der Waals surface area contributed by atoms with Crippen LogP contribution in [-0.4, -0.2) is 23.4 Å². The van der Waals surface area contributed by atoms with Crippen LogP contribution in [0.1, 0.15) is 11.1 Å². The maximum absolute atomic E-state index is 10.5. The van der Waals surface area contributed by atoms with E-state index in [1.165, 1.54) is 0 Å². The van der Waals surface area contributed by atoms with E-state index >= 15 is 0 Å². The van der Waals surface area contributed by atoms with Gasteiger partial charge in [0.05, 0.1) is 0 Å². The van der Waals surface area contributed by atoms with Crippen molar-refractivity contribution in [2.24, 2.45) is 5.16 Å². The Hall–Kier alpha value is -2.62. The fourth-order valence-electron chi connectivity index (χ4n) is 1.62. The van der Waals surface area contributed by atoms with Gasteiger partial charge in [-0.25, -0.2) is 4.79 Å². The van der Waals surface area contributed by atoms with Crippen LogP contribution in [0.5, 0.6) is 0 Å². The van der Waals surface area contributed by atoms with E-state index in [1.54, 1.807) is 0 Å². The van der Waals surface area contributed by atoms with E-state index in [2.05, 4.69) is 5.16 Å². The zero-order chi connectivity index (χ0) is 13.5. The van der Waals surface area contributed by atoms with Gasteiger partial charge in [-0.15, -0.1) is 0 Å². The van der Waals surface area contributed by atoms with Crippen molar-refractivity contribution in [1.82, 2.24) is 0 Å². The SMILES string of the molecule is O=C(O)CON=C(c1ccccc1)c1ccccc1. The number of nitrogens with zero attached hydrogens (tertiary/aromatic N) is 1. The second-order valence-electron chi connectivity index (χ2n) is 3.84. The zero-order valence-electron chi connectivity index (χ0n) is 10.2. The van der Waals surface area contributed by atoms with E-state index in [0.29, 0.717) is 5.71 Å². The van der Waals surface area contributed by atoms with Gasteiger partial charge in [0.25, 0.3) is 0 Å². The van der Waals surface area contributed by atoms with Crippen LogP contribution in [-0.2, 0) is 9.63 Å². The van der Waals surface area contributed by atoms with Crippen LogP contribution in [0, 0.1) is 0 Å². The fraction of sp³-hybridized carbons (Fsp3) is 0.0667. The highest BCUT2D eigenvalue weighted by Crippen LogP contribution is 2.11. The van der Waals surface area contributed by atoms with E-state index in [1.807, 2.05) is 60.7 Å². The third kappa shape index (κ3) is 3.67. The van der Waals surface area contributed by atoms with Gasteiger partial charge in [0.2, 0.25) is 6.61 Å². The van der Waals surface area contributed by atoms with E-state index in [-0.39, 0.29) is 0 Å². The average Bonchev–Trinajstić information content (AvgIpc) is 2.45. The van der Waals surface area contributed by atoms with Crippen molar-refractivity contribution in [3.05, 3.63) is 71.8 Å². The van der Waals surface area contributed by atoms with Gasteiger partial charge in [-0.3, -0.25) is 0 Å². The van der Waals surface area contributed by atoms with Gasteiger partial charge in [-0.1, -0.05) is 65.8 Å². The highest BCUT2D eigenvalue weighted by molar-refractivity contribution is 6.12. The molecule has 0 aliphatic heterocycles. The molecule has 96 valence electrons. The van der Waals surface area contributed by atoms with Gasteiger partial charge < -0.3 is 9.94 Å². The Kier molecular flexibility index (Phi) is 4.29. The molecule has 0 aromatic heterocycles. The quantitative estimate of drug-likeness (QED) is 0.659. The molecule has 0 unspecified atom stereocenters. The predicted octanol–water partition coefficient (Wildman–Crippen LogP) is 2.54. The van der Waals surface area contributed by atoms with Crippen LogP contribution in [0.25, 0.3) is 0 Å². The molecule has 4 nitrogen and oxygen atoms in total. The minimum atomic E-state index is -1.05. The Bertz CT molecular complexity index is 523. The molecular formula is C15H13NO3.